The van der Waals surface area contributed by atoms with Gasteiger partial charge in [0.1, 0.15) is 0 Å². The van der Waals surface area contributed by atoms with Crippen molar-refractivity contribution in [2.24, 2.45) is 0 Å². The van der Waals surface area contributed by atoms with E-state index in [1.807, 2.05) is 12.2 Å². The van der Waals surface area contributed by atoms with E-state index in [-0.39, 0.29) is 19.1 Å². The van der Waals surface area contributed by atoms with Gasteiger partial charge in [-0.3, -0.25) is 0 Å². The second kappa shape index (κ2) is 8.09. The van der Waals surface area contributed by atoms with Crippen LogP contribution in [-0.4, -0.2) is 13.1 Å². The average Bonchev–Trinajstić information content (AvgIpc) is 1.89. The summed E-state index contributed by atoms with van der Waals surface area (Å²) in [5.74, 6) is 0. The maximum atomic E-state index is 3.59. The van der Waals surface area contributed by atoms with Gasteiger partial charge >= 0.3 is 65.2 Å². The van der Waals surface area contributed by atoms with E-state index in [1.165, 1.54) is 0 Å². The van der Waals surface area contributed by atoms with Gasteiger partial charge in [-0.1, -0.05) is 0 Å². The molecule has 0 radical (unpaired) electrons. The van der Waals surface area contributed by atoms with Gasteiger partial charge in [0.05, 0.1) is 0 Å². The second-order valence-electron chi connectivity index (χ2n) is 1.38. The van der Waals surface area contributed by atoms with Crippen LogP contribution in [0.15, 0.2) is 25.3 Å². The predicted octanol–water partition coefficient (Wildman–Crippen LogP) is 0.450. The van der Waals surface area contributed by atoms with Crippen LogP contribution in [0.5, 0.6) is 0 Å². The Labute approximate surface area is 65.5 Å². The van der Waals surface area contributed by atoms with E-state index in [9.17, 15) is 0 Å². The summed E-state index contributed by atoms with van der Waals surface area (Å²) >= 11 is -0.185. The molecule has 9 heavy (non-hydrogen) atoms. The first-order valence-corrected chi connectivity index (χ1v) is 4.76. The topological polar surface area (TPSA) is 24.1 Å². The minimum absolute atomic E-state index is 0.185. The first-order valence-electron chi connectivity index (χ1n) is 2.75. The van der Waals surface area contributed by atoms with Gasteiger partial charge in [0.2, 0.25) is 0 Å². The zero-order chi connectivity index (χ0) is 6.95. The molecule has 0 saturated carbocycles. The van der Waals surface area contributed by atoms with Crippen LogP contribution >= 0.6 is 0 Å². The van der Waals surface area contributed by atoms with Crippen molar-refractivity contribution in [2.45, 2.75) is 0 Å². The van der Waals surface area contributed by atoms with E-state index >= 15 is 0 Å². The van der Waals surface area contributed by atoms with Crippen LogP contribution in [0.1, 0.15) is 0 Å². The molecule has 0 rings (SSSR count). The Morgan fingerprint density at radius 2 is 1.56 bits per heavy atom. The van der Waals surface area contributed by atoms with Crippen molar-refractivity contribution in [3.8, 4) is 0 Å². The molecule has 0 aromatic carbocycles. The van der Waals surface area contributed by atoms with Crippen LogP contribution in [0.3, 0.4) is 0 Å². The summed E-state index contributed by atoms with van der Waals surface area (Å²) in [5, 5.41) is 0. The fourth-order valence-electron chi connectivity index (χ4n) is 0.252. The van der Waals surface area contributed by atoms with Crippen LogP contribution in [0.2, 0.25) is 0 Å². The van der Waals surface area contributed by atoms with E-state index < -0.39 is 0 Å². The molecule has 0 spiro atoms. The molecular weight excluding hydrogens is 196 g/mol. The van der Waals surface area contributed by atoms with Gasteiger partial charge < -0.3 is 0 Å². The van der Waals surface area contributed by atoms with Crippen LogP contribution in [-0.2, 0) is 19.1 Å². The monoisotopic (exact) mass is 210 g/mol. The molecule has 2 nitrogen and oxygen atoms in total. The van der Waals surface area contributed by atoms with Gasteiger partial charge in [0, 0.05) is 0 Å². The summed E-state index contributed by atoms with van der Waals surface area (Å²) in [6, 6.07) is 0. The van der Waals surface area contributed by atoms with Gasteiger partial charge in [-0.05, 0) is 0 Å². The van der Waals surface area contributed by atoms with E-state index in [2.05, 4.69) is 20.9 Å². The SMILES string of the molecule is C=CC[NH][Mo][NH]CC=C. The normalized spacial score (nSPS) is 8.89. The zero-order valence-electron chi connectivity index (χ0n) is 5.39. The summed E-state index contributed by atoms with van der Waals surface area (Å²) in [6.07, 6.45) is 3.72. The Kier molecular flexibility index (Phi) is 8.17. The van der Waals surface area contributed by atoms with Crippen molar-refractivity contribution >= 4 is 0 Å². The van der Waals surface area contributed by atoms with E-state index in [1.54, 1.807) is 0 Å². The van der Waals surface area contributed by atoms with Gasteiger partial charge in [-0.15, -0.1) is 0 Å². The van der Waals surface area contributed by atoms with E-state index in [4.69, 9.17) is 0 Å². The molecule has 0 heterocycles. The molecule has 0 aromatic rings. The first kappa shape index (κ1) is 9.09. The van der Waals surface area contributed by atoms with Crippen LogP contribution < -0.4 is 7.75 Å². The minimum atomic E-state index is -0.185. The summed E-state index contributed by atoms with van der Waals surface area (Å²) in [5.41, 5.74) is 0. The third-order valence-corrected chi connectivity index (χ3v) is 2.13. The Bertz CT molecular complexity index is 73.1. The van der Waals surface area contributed by atoms with Crippen LogP contribution in [0, 0.1) is 0 Å². The predicted molar refractivity (Wildman–Crippen MR) is 36.4 cm³/mol. The van der Waals surface area contributed by atoms with Gasteiger partial charge in [-0.25, -0.2) is 0 Å². The Hall–Kier alpha value is 0.0883. The molecule has 52 valence electrons. The molecule has 0 aliphatic rings. The molecule has 3 heteroatoms. The van der Waals surface area contributed by atoms with Gasteiger partial charge in [-0.2, -0.15) is 0 Å². The Balaban J connectivity index is 2.74. The van der Waals surface area contributed by atoms with E-state index in [0.717, 1.165) is 13.1 Å². The Morgan fingerprint density at radius 3 is 1.89 bits per heavy atom. The third-order valence-electron chi connectivity index (χ3n) is 0.600. The molecule has 0 fully saturated rings. The van der Waals surface area contributed by atoms with Crippen molar-refractivity contribution in [2.75, 3.05) is 13.1 Å². The molecule has 2 N–H and O–H groups in total. The van der Waals surface area contributed by atoms with Crippen molar-refractivity contribution < 1.29 is 19.1 Å². The van der Waals surface area contributed by atoms with Crippen molar-refractivity contribution in [3.05, 3.63) is 25.3 Å². The number of nitrogens with one attached hydrogen (secondary N) is 2. The molecule has 0 aliphatic carbocycles. The molecule has 0 aliphatic heterocycles. The molecule has 0 saturated heterocycles. The fraction of sp³-hybridized carbons (Fsp3) is 0.333. The van der Waals surface area contributed by atoms with Gasteiger partial charge in [0.15, 0.2) is 0 Å². The molecule has 0 atom stereocenters. The fourth-order valence-corrected chi connectivity index (χ4v) is 1.49. The maximum absolute atomic E-state index is 3.59. The molecule has 0 aromatic heterocycles. The molecular formula is C6H12MoN2. The Morgan fingerprint density at radius 1 is 1.11 bits per heavy atom. The van der Waals surface area contributed by atoms with Crippen molar-refractivity contribution in [3.63, 3.8) is 0 Å². The summed E-state index contributed by atoms with van der Waals surface area (Å²) in [6.45, 7) is 9.00. The summed E-state index contributed by atoms with van der Waals surface area (Å²) in [4.78, 5) is 0. The number of rotatable bonds is 6. The van der Waals surface area contributed by atoms with Crippen molar-refractivity contribution in [1.82, 2.24) is 7.75 Å². The zero-order valence-corrected chi connectivity index (χ0v) is 7.40. The molecule has 0 amide bonds. The number of hydrogen-bond acceptors (Lipinski definition) is 2. The first-order chi connectivity index (χ1) is 4.41. The standard InChI is InChI=1S/2C3H6N.Mo/c2*1-2-3-4;/h2*2,4H,1,3H2;/q2*-1;+2. The second-order valence-corrected chi connectivity index (χ2v) is 3.30. The van der Waals surface area contributed by atoms with Crippen molar-refractivity contribution in [1.29, 1.82) is 0 Å². The quantitative estimate of drug-likeness (QED) is 0.376. The summed E-state index contributed by atoms with van der Waals surface area (Å²) < 4.78 is 6.45. The van der Waals surface area contributed by atoms with Crippen LogP contribution in [0.4, 0.5) is 0 Å². The molecule has 0 unspecified atom stereocenters. The van der Waals surface area contributed by atoms with Gasteiger partial charge in [0.25, 0.3) is 0 Å². The van der Waals surface area contributed by atoms with E-state index in [0.29, 0.717) is 0 Å². The number of hydrogen-bond donors (Lipinski definition) is 2. The van der Waals surface area contributed by atoms with Crippen LogP contribution in [0.25, 0.3) is 0 Å². The summed E-state index contributed by atoms with van der Waals surface area (Å²) in [7, 11) is 0. The molecule has 0 bridgehead atoms. The third kappa shape index (κ3) is 8.09. The average molecular weight is 208 g/mol.